The van der Waals surface area contributed by atoms with Crippen molar-refractivity contribution in [1.29, 1.82) is 5.26 Å². The molecule has 1 fully saturated rings. The molecular formula is C43H45Cl2N3O11S. The Balaban J connectivity index is 0.000000526. The van der Waals surface area contributed by atoms with Crippen molar-refractivity contribution >= 4 is 74.6 Å². The van der Waals surface area contributed by atoms with E-state index in [1.165, 1.54) is 7.11 Å². The van der Waals surface area contributed by atoms with Crippen molar-refractivity contribution in [3.63, 3.8) is 0 Å². The molecule has 0 unspecified atom stereocenters. The van der Waals surface area contributed by atoms with E-state index in [2.05, 4.69) is 11.0 Å². The summed E-state index contributed by atoms with van der Waals surface area (Å²) in [7, 11) is 1.90. The van der Waals surface area contributed by atoms with Crippen LogP contribution in [0.3, 0.4) is 0 Å². The van der Waals surface area contributed by atoms with Crippen LogP contribution in [0, 0.1) is 11.3 Å². The number of amides is 1. The number of likely N-dealkylation sites (N-methyl/N-ethyl adjacent to an activating group) is 1. The fraction of sp³-hybridized carbons (Fsp3) is 0.349. The number of carbonyl (C=O) groups is 5. The molecule has 1 heterocycles. The van der Waals surface area contributed by atoms with Crippen molar-refractivity contribution in [2.75, 3.05) is 46.6 Å². The lowest BCUT2D eigenvalue weighted by atomic mass is 9.88. The zero-order valence-corrected chi connectivity index (χ0v) is 35.4. The number of halogens is 2. The van der Waals surface area contributed by atoms with E-state index in [-0.39, 0.29) is 17.7 Å². The average Bonchev–Trinajstić information content (AvgIpc) is 3.21. The van der Waals surface area contributed by atoms with Gasteiger partial charge in [-0.15, -0.1) is 0 Å². The number of hydrogen-bond donors (Lipinski definition) is 4. The Hall–Kier alpha value is -5.37. The van der Waals surface area contributed by atoms with Crippen LogP contribution in [0.2, 0.25) is 10.0 Å². The van der Waals surface area contributed by atoms with Crippen molar-refractivity contribution in [2.24, 2.45) is 0 Å². The molecule has 14 nitrogen and oxygen atoms in total. The average molecular weight is 883 g/mol. The molecule has 1 amide bonds. The number of aliphatic carboxylic acids is 3. The maximum atomic E-state index is 13.9. The zero-order valence-electron chi connectivity index (χ0n) is 33.1. The molecule has 5 rings (SSSR count). The normalized spacial score (nSPS) is 14.2. The minimum atomic E-state index is -2.74. The van der Waals surface area contributed by atoms with E-state index < -0.39 is 53.1 Å². The zero-order chi connectivity index (χ0) is 44.3. The first kappa shape index (κ1) is 47.3. The second-order valence-corrected chi connectivity index (χ2v) is 16.7. The van der Waals surface area contributed by atoms with E-state index in [4.69, 9.17) is 48.4 Å². The summed E-state index contributed by atoms with van der Waals surface area (Å²) < 4.78 is 17.5. The molecule has 0 saturated carbocycles. The fourth-order valence-corrected chi connectivity index (χ4v) is 8.35. The summed E-state index contributed by atoms with van der Waals surface area (Å²) in [5.74, 6) is -5.38. The number of aliphatic hydroxyl groups is 1. The third kappa shape index (κ3) is 12.3. The third-order valence-corrected chi connectivity index (χ3v) is 12.0. The van der Waals surface area contributed by atoms with Crippen LogP contribution in [0.15, 0.2) is 77.7 Å². The number of piperidine rings is 1. The lowest BCUT2D eigenvalue weighted by Gasteiger charge is -2.34. The van der Waals surface area contributed by atoms with Crippen LogP contribution in [0.25, 0.3) is 10.8 Å². The number of likely N-dealkylation sites (tertiary alicyclic amines) is 1. The Morgan fingerprint density at radius 2 is 1.60 bits per heavy atom. The van der Waals surface area contributed by atoms with Crippen molar-refractivity contribution in [3.05, 3.63) is 111 Å². The van der Waals surface area contributed by atoms with Crippen LogP contribution in [0.4, 0.5) is 0 Å². The van der Waals surface area contributed by atoms with Gasteiger partial charge in [-0.1, -0.05) is 59.6 Å². The molecule has 318 valence electrons. The molecule has 4 N–H and O–H groups in total. The Bertz CT molecular complexity index is 2310. The molecule has 60 heavy (non-hydrogen) atoms. The molecule has 2 atom stereocenters. The predicted octanol–water partition coefficient (Wildman–Crippen LogP) is 6.42. The first-order chi connectivity index (χ1) is 28.4. The van der Waals surface area contributed by atoms with Gasteiger partial charge in [0.2, 0.25) is 0 Å². The van der Waals surface area contributed by atoms with Crippen molar-refractivity contribution in [3.8, 4) is 6.07 Å². The topological polar surface area (TPSA) is 223 Å². The molecule has 17 heteroatoms. The molecule has 0 aliphatic carbocycles. The highest BCUT2D eigenvalue weighted by Gasteiger charge is 2.40. The summed E-state index contributed by atoms with van der Waals surface area (Å²) in [5, 5.41) is 46.0. The summed E-state index contributed by atoms with van der Waals surface area (Å²) in [6, 6.07) is 24.3. The molecule has 4 aromatic carbocycles. The van der Waals surface area contributed by atoms with E-state index >= 15 is 0 Å². The quantitative estimate of drug-likeness (QED) is 0.0948. The van der Waals surface area contributed by atoms with Crippen LogP contribution in [-0.2, 0) is 29.9 Å². The Labute approximate surface area is 359 Å². The van der Waals surface area contributed by atoms with Crippen LogP contribution in [0.5, 0.6) is 0 Å². The standard InChI is InChI=1S/C37H37Cl2N3O4S.C6H8O7/c1-41(36(43)32-19-24(22-40)18-27-6-4-5-7-30(27)32)23-29(26-9-11-33(38)34(39)20-26)14-17-42-15-12-25(13-16-42)31-10-8-28(37(44)46-2)21-35(31)47(3)45;7-3(8)1-6(13,5(11)12)2-4(9)10/h4-11,18-21,25,29H,12-17,23H2,1-3H3;13H,1-2H2,(H,7,8)(H,9,10)(H,11,12)/t29-,47-;/m1./s1. The van der Waals surface area contributed by atoms with E-state index in [9.17, 15) is 33.4 Å². The largest absolute Gasteiger partial charge is 0.481 e. The van der Waals surface area contributed by atoms with Crippen LogP contribution < -0.4 is 0 Å². The molecule has 0 spiro atoms. The van der Waals surface area contributed by atoms with Crippen LogP contribution in [-0.4, -0.2) is 116 Å². The number of carbonyl (C=O) groups excluding carboxylic acids is 2. The molecule has 1 aliphatic rings. The van der Waals surface area contributed by atoms with Crippen LogP contribution >= 0.6 is 23.2 Å². The van der Waals surface area contributed by atoms with Crippen molar-refractivity contribution in [1.82, 2.24) is 9.80 Å². The van der Waals surface area contributed by atoms with Gasteiger partial charge in [0.15, 0.2) is 5.60 Å². The summed E-state index contributed by atoms with van der Waals surface area (Å²) in [5.41, 5.74) is 0.648. The highest BCUT2D eigenvalue weighted by molar-refractivity contribution is 7.84. The molecule has 0 radical (unpaired) electrons. The number of nitriles is 1. The number of methoxy groups -OCH3 is 1. The van der Waals surface area contributed by atoms with E-state index in [1.807, 2.05) is 42.5 Å². The lowest BCUT2D eigenvalue weighted by Crippen LogP contribution is -2.42. The van der Waals surface area contributed by atoms with Gasteiger partial charge in [-0.3, -0.25) is 18.6 Å². The molecular weight excluding hydrogens is 837 g/mol. The van der Waals surface area contributed by atoms with Gasteiger partial charge in [0.1, 0.15) is 0 Å². The number of benzene rings is 4. The number of esters is 1. The Morgan fingerprint density at radius 1 is 0.950 bits per heavy atom. The smallest absolute Gasteiger partial charge is 0.337 e. The van der Waals surface area contributed by atoms with E-state index in [0.29, 0.717) is 38.2 Å². The Morgan fingerprint density at radius 3 is 2.17 bits per heavy atom. The van der Waals surface area contributed by atoms with Crippen molar-refractivity contribution in [2.45, 2.75) is 54.4 Å². The number of carboxylic acid groups (broad SMARTS) is 3. The van der Waals surface area contributed by atoms with Gasteiger partial charge in [0.05, 0.1) is 58.0 Å². The number of fused-ring (bicyclic) bond motifs is 1. The van der Waals surface area contributed by atoms with Gasteiger partial charge in [-0.25, -0.2) is 9.59 Å². The van der Waals surface area contributed by atoms with Crippen LogP contribution in [0.1, 0.15) is 81.3 Å². The summed E-state index contributed by atoms with van der Waals surface area (Å²) in [6.07, 6.45) is 1.95. The van der Waals surface area contributed by atoms with Gasteiger partial charge >= 0.3 is 23.9 Å². The third-order valence-electron chi connectivity index (χ3n) is 10.3. The number of rotatable bonds is 15. The number of nitrogens with zero attached hydrogens (tertiary/aromatic N) is 3. The van der Waals surface area contributed by atoms with Gasteiger partial charge in [-0.05, 0) is 103 Å². The summed E-state index contributed by atoms with van der Waals surface area (Å²) >= 11 is 12.7. The molecule has 1 saturated heterocycles. The number of hydrogen-bond acceptors (Lipinski definition) is 10. The van der Waals surface area contributed by atoms with Gasteiger partial charge in [0.25, 0.3) is 5.91 Å². The first-order valence-electron chi connectivity index (χ1n) is 18.7. The summed E-state index contributed by atoms with van der Waals surface area (Å²) in [6.45, 7) is 3.01. The second-order valence-electron chi connectivity index (χ2n) is 14.5. The second kappa shape index (κ2) is 21.2. The molecule has 4 aromatic rings. The molecule has 0 bridgehead atoms. The van der Waals surface area contributed by atoms with E-state index in [1.54, 1.807) is 48.5 Å². The van der Waals surface area contributed by atoms with Gasteiger partial charge < -0.3 is 35.0 Å². The minimum Gasteiger partial charge on any atom is -0.481 e. The van der Waals surface area contributed by atoms with Gasteiger partial charge in [0, 0.05) is 36.2 Å². The highest BCUT2D eigenvalue weighted by atomic mass is 35.5. The minimum absolute atomic E-state index is 0.0122. The monoisotopic (exact) mass is 881 g/mol. The maximum Gasteiger partial charge on any atom is 0.337 e. The fourth-order valence-electron chi connectivity index (χ4n) is 7.19. The first-order valence-corrected chi connectivity index (χ1v) is 21.0. The number of ether oxygens (including phenoxy) is 1. The summed E-state index contributed by atoms with van der Waals surface area (Å²) in [4.78, 5) is 61.2. The van der Waals surface area contributed by atoms with Crippen molar-refractivity contribution < 1.29 is 53.3 Å². The molecule has 0 aromatic heterocycles. The lowest BCUT2D eigenvalue weighted by molar-refractivity contribution is -0.170. The Kier molecular flexibility index (Phi) is 16.7. The number of carboxylic acids is 3. The molecule has 1 aliphatic heterocycles. The highest BCUT2D eigenvalue weighted by Crippen LogP contribution is 2.34. The van der Waals surface area contributed by atoms with Gasteiger partial charge in [-0.2, -0.15) is 5.26 Å². The predicted molar refractivity (Wildman–Crippen MR) is 225 cm³/mol. The SMILES string of the molecule is COC(=O)c1ccc(C2CCN(CC[C@H](CN(C)C(=O)c3cc(C#N)cc4ccccc34)c3ccc(Cl)c(Cl)c3)CC2)c([S@@](C)=O)c1.O=C(O)CC(O)(CC(=O)O)C(=O)O. The maximum absolute atomic E-state index is 13.9. The van der Waals surface area contributed by atoms with E-state index in [0.717, 1.165) is 60.8 Å².